The molecule has 2 rings (SSSR count). The first kappa shape index (κ1) is 17.7. The van der Waals surface area contributed by atoms with Gasteiger partial charge in [0.05, 0.1) is 5.69 Å². The summed E-state index contributed by atoms with van der Waals surface area (Å²) >= 11 is 0. The molecule has 0 aromatic heterocycles. The van der Waals surface area contributed by atoms with Gasteiger partial charge in [0.15, 0.2) is 5.78 Å². The number of halogens is 3. The van der Waals surface area contributed by atoms with Crippen LogP contribution in [-0.2, 0) is 4.79 Å². The number of amides is 1. The molecule has 0 saturated heterocycles. The molecule has 2 N–H and O–H groups in total. The summed E-state index contributed by atoms with van der Waals surface area (Å²) < 4.78 is 38.2. The lowest BCUT2D eigenvalue weighted by atomic mass is 10.0. The number of hydrogen-bond donors (Lipinski definition) is 2. The summed E-state index contributed by atoms with van der Waals surface area (Å²) in [6.07, 6.45) is -5.14. The highest BCUT2D eigenvalue weighted by Crippen LogP contribution is 2.31. The van der Waals surface area contributed by atoms with Crippen molar-refractivity contribution < 1.29 is 27.9 Å². The lowest BCUT2D eigenvalue weighted by molar-refractivity contribution is -0.242. The fourth-order valence-electron chi connectivity index (χ4n) is 1.91. The first-order chi connectivity index (χ1) is 11.1. The van der Waals surface area contributed by atoms with Gasteiger partial charge in [-0.15, -0.1) is 0 Å². The molecule has 24 heavy (non-hydrogen) atoms. The SMILES string of the molecule is C[C@@](O)(C(=O)Nc1ccccc1C(=O)c1ccccc1)C(F)(F)F. The fourth-order valence-corrected chi connectivity index (χ4v) is 1.91. The van der Waals surface area contributed by atoms with E-state index in [-0.39, 0.29) is 11.3 Å². The van der Waals surface area contributed by atoms with Crippen molar-refractivity contribution in [3.05, 3.63) is 65.7 Å². The van der Waals surface area contributed by atoms with Crippen LogP contribution < -0.4 is 5.32 Å². The summed E-state index contributed by atoms with van der Waals surface area (Å²) in [6.45, 7) is 0.351. The van der Waals surface area contributed by atoms with Crippen LogP contribution in [0.2, 0.25) is 0 Å². The van der Waals surface area contributed by atoms with Crippen molar-refractivity contribution in [1.82, 2.24) is 0 Å². The van der Waals surface area contributed by atoms with Crippen molar-refractivity contribution in [2.75, 3.05) is 5.32 Å². The second-order valence-electron chi connectivity index (χ2n) is 5.26. The van der Waals surface area contributed by atoms with Crippen LogP contribution in [0.3, 0.4) is 0 Å². The average Bonchev–Trinajstić information content (AvgIpc) is 2.54. The van der Waals surface area contributed by atoms with Gasteiger partial charge in [-0.2, -0.15) is 13.2 Å². The molecule has 0 heterocycles. The minimum Gasteiger partial charge on any atom is -0.373 e. The molecule has 1 amide bonds. The average molecular weight is 337 g/mol. The number of benzene rings is 2. The van der Waals surface area contributed by atoms with E-state index in [1.807, 2.05) is 5.32 Å². The van der Waals surface area contributed by atoms with Gasteiger partial charge in [-0.05, 0) is 19.1 Å². The number of anilines is 1. The number of nitrogens with one attached hydrogen (secondary N) is 1. The number of alkyl halides is 3. The number of hydrogen-bond acceptors (Lipinski definition) is 3. The topological polar surface area (TPSA) is 66.4 Å². The Kier molecular flexibility index (Phi) is 4.75. The van der Waals surface area contributed by atoms with Crippen molar-refractivity contribution in [3.63, 3.8) is 0 Å². The largest absolute Gasteiger partial charge is 0.426 e. The van der Waals surface area contributed by atoms with Crippen molar-refractivity contribution in [1.29, 1.82) is 0 Å². The van der Waals surface area contributed by atoms with Gasteiger partial charge in [0, 0.05) is 11.1 Å². The van der Waals surface area contributed by atoms with Gasteiger partial charge in [-0.3, -0.25) is 9.59 Å². The highest BCUT2D eigenvalue weighted by Gasteiger charge is 2.55. The summed E-state index contributed by atoms with van der Waals surface area (Å²) in [6, 6.07) is 13.7. The summed E-state index contributed by atoms with van der Waals surface area (Å²) in [5.41, 5.74) is -3.34. The second kappa shape index (κ2) is 6.45. The minimum atomic E-state index is -5.14. The smallest absolute Gasteiger partial charge is 0.373 e. The minimum absolute atomic E-state index is 0.0232. The Morgan fingerprint density at radius 2 is 1.50 bits per heavy atom. The van der Waals surface area contributed by atoms with Gasteiger partial charge in [0.25, 0.3) is 5.91 Å². The van der Waals surface area contributed by atoms with Crippen molar-refractivity contribution in [2.24, 2.45) is 0 Å². The van der Waals surface area contributed by atoms with Gasteiger partial charge in [-0.25, -0.2) is 0 Å². The summed E-state index contributed by atoms with van der Waals surface area (Å²) in [4.78, 5) is 24.3. The predicted molar refractivity (Wildman–Crippen MR) is 81.6 cm³/mol. The number of carbonyl (C=O) groups excluding carboxylic acids is 2. The maximum atomic E-state index is 12.7. The second-order valence-corrected chi connectivity index (χ2v) is 5.26. The van der Waals surface area contributed by atoms with Crippen LogP contribution in [0.4, 0.5) is 18.9 Å². The van der Waals surface area contributed by atoms with Gasteiger partial charge in [0.2, 0.25) is 5.60 Å². The Labute approximate surface area is 135 Å². The van der Waals surface area contributed by atoms with Crippen LogP contribution in [-0.4, -0.2) is 28.6 Å². The predicted octanol–water partition coefficient (Wildman–Crippen LogP) is 3.17. The van der Waals surface area contributed by atoms with E-state index in [2.05, 4.69) is 0 Å². The number of aliphatic hydroxyl groups is 1. The molecule has 2 aromatic carbocycles. The van der Waals surface area contributed by atoms with Crippen LogP contribution in [0.25, 0.3) is 0 Å². The van der Waals surface area contributed by atoms with Crippen LogP contribution in [0.15, 0.2) is 54.6 Å². The third-order valence-electron chi connectivity index (χ3n) is 3.45. The molecule has 0 unspecified atom stereocenters. The standard InChI is InChI=1S/C17H14F3NO3/c1-16(24,17(18,19)20)15(23)21-13-10-6-5-9-12(13)14(22)11-7-3-2-4-8-11/h2-10,24H,1H3,(H,21,23)/t16-/m1/s1. The summed E-state index contributed by atoms with van der Waals surface area (Å²) in [5, 5.41) is 11.4. The Balaban J connectivity index is 2.34. The van der Waals surface area contributed by atoms with E-state index in [4.69, 9.17) is 0 Å². The molecule has 126 valence electrons. The third-order valence-corrected chi connectivity index (χ3v) is 3.45. The molecule has 0 radical (unpaired) electrons. The Morgan fingerprint density at radius 3 is 2.08 bits per heavy atom. The Bertz CT molecular complexity index is 755. The van der Waals surface area contributed by atoms with E-state index < -0.39 is 23.5 Å². The molecule has 0 aliphatic heterocycles. The molecule has 0 saturated carbocycles. The number of para-hydroxylation sites is 1. The Morgan fingerprint density at radius 1 is 0.958 bits per heavy atom. The first-order valence-corrected chi connectivity index (χ1v) is 6.94. The lowest BCUT2D eigenvalue weighted by Crippen LogP contribution is -2.52. The first-order valence-electron chi connectivity index (χ1n) is 6.94. The number of ketones is 1. The molecule has 0 spiro atoms. The van der Waals surface area contributed by atoms with Gasteiger partial charge >= 0.3 is 6.18 Å². The van der Waals surface area contributed by atoms with Crippen molar-refractivity contribution in [2.45, 2.75) is 18.7 Å². The van der Waals surface area contributed by atoms with Crippen LogP contribution in [0, 0.1) is 0 Å². The van der Waals surface area contributed by atoms with E-state index in [0.29, 0.717) is 12.5 Å². The molecular weight excluding hydrogens is 323 g/mol. The number of rotatable bonds is 4. The molecule has 4 nitrogen and oxygen atoms in total. The van der Waals surface area contributed by atoms with Crippen molar-refractivity contribution in [3.8, 4) is 0 Å². The molecule has 0 bridgehead atoms. The molecule has 0 aliphatic rings. The Hall–Kier alpha value is -2.67. The normalized spacial score (nSPS) is 13.9. The zero-order chi connectivity index (χ0) is 18.0. The fraction of sp³-hybridized carbons (Fsp3) is 0.176. The monoisotopic (exact) mass is 337 g/mol. The summed E-state index contributed by atoms with van der Waals surface area (Å²) in [7, 11) is 0. The molecular formula is C17H14F3NO3. The molecule has 2 aromatic rings. The molecule has 7 heteroatoms. The highest BCUT2D eigenvalue weighted by atomic mass is 19.4. The summed E-state index contributed by atoms with van der Waals surface area (Å²) in [5.74, 6) is -2.12. The van der Waals surface area contributed by atoms with E-state index in [9.17, 15) is 27.9 Å². The van der Waals surface area contributed by atoms with E-state index >= 15 is 0 Å². The molecule has 0 aliphatic carbocycles. The van der Waals surface area contributed by atoms with E-state index in [0.717, 1.165) is 0 Å². The van der Waals surface area contributed by atoms with Crippen LogP contribution in [0.5, 0.6) is 0 Å². The molecule has 0 fully saturated rings. The van der Waals surface area contributed by atoms with Crippen LogP contribution >= 0.6 is 0 Å². The zero-order valence-corrected chi connectivity index (χ0v) is 12.6. The zero-order valence-electron chi connectivity index (χ0n) is 12.6. The maximum absolute atomic E-state index is 12.7. The van der Waals surface area contributed by atoms with Gasteiger partial charge in [-0.1, -0.05) is 42.5 Å². The van der Waals surface area contributed by atoms with E-state index in [1.165, 1.54) is 24.3 Å². The molecule has 1 atom stereocenters. The number of carbonyl (C=O) groups is 2. The van der Waals surface area contributed by atoms with Gasteiger partial charge < -0.3 is 10.4 Å². The van der Waals surface area contributed by atoms with Crippen LogP contribution in [0.1, 0.15) is 22.8 Å². The quantitative estimate of drug-likeness (QED) is 0.842. The van der Waals surface area contributed by atoms with Crippen molar-refractivity contribution >= 4 is 17.4 Å². The van der Waals surface area contributed by atoms with Gasteiger partial charge in [0.1, 0.15) is 0 Å². The maximum Gasteiger partial charge on any atom is 0.426 e. The highest BCUT2D eigenvalue weighted by molar-refractivity contribution is 6.14. The third kappa shape index (κ3) is 3.46. The lowest BCUT2D eigenvalue weighted by Gasteiger charge is -2.25. The van der Waals surface area contributed by atoms with E-state index in [1.54, 1.807) is 30.3 Å².